The normalized spacial score (nSPS) is 19.9. The second-order valence-corrected chi connectivity index (χ2v) is 8.61. The van der Waals surface area contributed by atoms with Gasteiger partial charge in [0.05, 0.1) is 23.3 Å². The molecule has 0 radical (unpaired) electrons. The van der Waals surface area contributed by atoms with Gasteiger partial charge in [-0.15, -0.1) is 0 Å². The second-order valence-electron chi connectivity index (χ2n) is 7.60. The number of carboxylic acids is 1. The minimum Gasteiger partial charge on any atom is -0.497 e. The van der Waals surface area contributed by atoms with Crippen LogP contribution in [0.5, 0.6) is 5.75 Å². The molecule has 160 valence electrons. The number of benzene rings is 2. The molecule has 4 rings (SSSR count). The largest absolute Gasteiger partial charge is 0.497 e. The zero-order valence-corrected chi connectivity index (χ0v) is 18.1. The molecule has 2 aromatic rings. The van der Waals surface area contributed by atoms with Crippen LogP contribution < -0.4 is 4.74 Å². The van der Waals surface area contributed by atoms with E-state index in [1.54, 1.807) is 19.2 Å². The number of hydrogen-bond donors (Lipinski definition) is 1. The van der Waals surface area contributed by atoms with E-state index in [1.165, 1.54) is 30.3 Å². The van der Waals surface area contributed by atoms with Crippen LogP contribution >= 0.6 is 11.8 Å². The molecule has 1 heterocycles. The van der Waals surface area contributed by atoms with Gasteiger partial charge in [-0.3, -0.25) is 9.69 Å². The lowest BCUT2D eigenvalue weighted by molar-refractivity contribution is -0.124. The maximum Gasteiger partial charge on any atom is 0.335 e. The van der Waals surface area contributed by atoms with E-state index < -0.39 is 5.97 Å². The molecular formula is C24H24N2O4S. The van der Waals surface area contributed by atoms with Crippen molar-refractivity contribution >= 4 is 40.6 Å². The molecule has 1 aliphatic heterocycles. The summed E-state index contributed by atoms with van der Waals surface area (Å²) in [7, 11) is 1.62. The molecule has 0 unspecified atom stereocenters. The van der Waals surface area contributed by atoms with E-state index in [0.29, 0.717) is 15.8 Å². The van der Waals surface area contributed by atoms with Crippen molar-refractivity contribution in [1.29, 1.82) is 0 Å². The highest BCUT2D eigenvalue weighted by atomic mass is 32.2. The van der Waals surface area contributed by atoms with Crippen molar-refractivity contribution in [1.82, 2.24) is 4.90 Å². The van der Waals surface area contributed by atoms with E-state index in [9.17, 15) is 14.7 Å². The van der Waals surface area contributed by atoms with Gasteiger partial charge in [-0.25, -0.2) is 9.79 Å². The number of aromatic carboxylic acids is 1. The van der Waals surface area contributed by atoms with E-state index in [1.807, 2.05) is 35.2 Å². The summed E-state index contributed by atoms with van der Waals surface area (Å²) in [5, 5.41) is 9.89. The van der Waals surface area contributed by atoms with Crippen molar-refractivity contribution in [3.8, 4) is 5.75 Å². The number of methoxy groups -OCH3 is 1. The first-order valence-corrected chi connectivity index (χ1v) is 11.2. The summed E-state index contributed by atoms with van der Waals surface area (Å²) in [6.07, 6.45) is 7.16. The van der Waals surface area contributed by atoms with Gasteiger partial charge in [0, 0.05) is 6.04 Å². The van der Waals surface area contributed by atoms with Crippen LogP contribution in [0, 0.1) is 0 Å². The zero-order valence-electron chi connectivity index (χ0n) is 17.3. The molecule has 7 heteroatoms. The molecule has 0 bridgehead atoms. The summed E-state index contributed by atoms with van der Waals surface area (Å²) in [5.41, 5.74) is 1.62. The Bertz CT molecular complexity index is 1040. The molecule has 1 aliphatic carbocycles. The van der Waals surface area contributed by atoms with E-state index in [0.717, 1.165) is 37.0 Å². The van der Waals surface area contributed by atoms with Crippen molar-refractivity contribution < 1.29 is 19.4 Å². The van der Waals surface area contributed by atoms with Gasteiger partial charge in [-0.05, 0) is 66.6 Å². The van der Waals surface area contributed by atoms with E-state index in [4.69, 9.17) is 4.74 Å². The lowest BCUT2D eigenvalue weighted by Crippen LogP contribution is -2.40. The maximum absolute atomic E-state index is 13.3. The van der Waals surface area contributed by atoms with Crippen molar-refractivity contribution in [2.45, 2.75) is 38.1 Å². The van der Waals surface area contributed by atoms with Crippen LogP contribution in [0.4, 0.5) is 5.69 Å². The van der Waals surface area contributed by atoms with Gasteiger partial charge in [0.15, 0.2) is 5.17 Å². The molecule has 2 aliphatic rings. The Hall–Kier alpha value is -3.06. The Kier molecular flexibility index (Phi) is 6.42. The third-order valence-corrected chi connectivity index (χ3v) is 6.49. The third kappa shape index (κ3) is 4.82. The van der Waals surface area contributed by atoms with Gasteiger partial charge in [0.1, 0.15) is 5.75 Å². The molecular weight excluding hydrogens is 412 g/mol. The van der Waals surface area contributed by atoms with Crippen molar-refractivity contribution in [2.75, 3.05) is 7.11 Å². The number of hydrogen-bond acceptors (Lipinski definition) is 5. The highest BCUT2D eigenvalue weighted by molar-refractivity contribution is 8.18. The van der Waals surface area contributed by atoms with Crippen LogP contribution in [0.1, 0.15) is 48.0 Å². The van der Waals surface area contributed by atoms with Crippen LogP contribution in [0.2, 0.25) is 0 Å². The van der Waals surface area contributed by atoms with Gasteiger partial charge in [-0.2, -0.15) is 0 Å². The Morgan fingerprint density at radius 1 is 1.16 bits per heavy atom. The highest BCUT2D eigenvalue weighted by Crippen LogP contribution is 2.38. The third-order valence-electron chi connectivity index (χ3n) is 5.51. The number of aliphatic imine (C=N–C) groups is 1. The minimum absolute atomic E-state index is 0.0409. The van der Waals surface area contributed by atoms with E-state index >= 15 is 0 Å². The zero-order chi connectivity index (χ0) is 21.8. The average molecular weight is 437 g/mol. The SMILES string of the molecule is COc1ccc(/C=C2\SC(=Nc3cccc(C(=O)O)c3)N(C3CCCCC3)C2=O)cc1. The molecule has 2 fully saturated rings. The number of carboxylic acid groups (broad SMARTS) is 1. The number of amidine groups is 1. The lowest BCUT2D eigenvalue weighted by atomic mass is 9.94. The molecule has 6 nitrogen and oxygen atoms in total. The predicted molar refractivity (Wildman–Crippen MR) is 123 cm³/mol. The van der Waals surface area contributed by atoms with Crippen LogP contribution in [-0.2, 0) is 4.79 Å². The fourth-order valence-corrected chi connectivity index (χ4v) is 4.96. The standard InChI is InChI=1S/C24H24N2O4S/c1-30-20-12-10-16(11-13-20)14-21-22(27)26(19-8-3-2-4-9-19)24(31-21)25-18-7-5-6-17(15-18)23(28)29/h5-7,10-15,19H,2-4,8-9H2,1H3,(H,28,29)/b21-14-,25-24?. The fourth-order valence-electron chi connectivity index (χ4n) is 3.90. The molecule has 1 N–H and O–H groups in total. The number of carbonyl (C=O) groups is 2. The number of amides is 1. The predicted octanol–water partition coefficient (Wildman–Crippen LogP) is 5.33. The first kappa shape index (κ1) is 21.2. The number of ether oxygens (including phenoxy) is 1. The van der Waals surface area contributed by atoms with E-state index in [2.05, 4.69) is 4.99 Å². The fraction of sp³-hybridized carbons (Fsp3) is 0.292. The smallest absolute Gasteiger partial charge is 0.335 e. The number of nitrogens with zero attached hydrogens (tertiary/aromatic N) is 2. The van der Waals surface area contributed by atoms with Crippen molar-refractivity contribution in [3.05, 3.63) is 64.6 Å². The molecule has 1 saturated heterocycles. The second kappa shape index (κ2) is 9.39. The Labute approximate surface area is 185 Å². The molecule has 0 spiro atoms. The average Bonchev–Trinajstić information content (AvgIpc) is 3.09. The first-order chi connectivity index (χ1) is 15.0. The summed E-state index contributed by atoms with van der Waals surface area (Å²) < 4.78 is 5.20. The van der Waals surface area contributed by atoms with Crippen molar-refractivity contribution in [3.63, 3.8) is 0 Å². The van der Waals surface area contributed by atoms with Crippen LogP contribution in [0.25, 0.3) is 6.08 Å². The quantitative estimate of drug-likeness (QED) is 0.641. The Balaban J connectivity index is 1.69. The summed E-state index contributed by atoms with van der Waals surface area (Å²) in [6, 6.07) is 14.2. The molecule has 2 aromatic carbocycles. The minimum atomic E-state index is -0.999. The van der Waals surface area contributed by atoms with Gasteiger partial charge in [-0.1, -0.05) is 37.5 Å². The highest BCUT2D eigenvalue weighted by Gasteiger charge is 2.38. The molecule has 1 amide bonds. The number of thioether (sulfide) groups is 1. The Morgan fingerprint density at radius 3 is 2.58 bits per heavy atom. The first-order valence-electron chi connectivity index (χ1n) is 10.3. The molecule has 0 aromatic heterocycles. The summed E-state index contributed by atoms with van der Waals surface area (Å²) in [4.78, 5) is 31.8. The molecule has 31 heavy (non-hydrogen) atoms. The van der Waals surface area contributed by atoms with Crippen LogP contribution in [-0.4, -0.2) is 40.2 Å². The monoisotopic (exact) mass is 436 g/mol. The lowest BCUT2D eigenvalue weighted by Gasteiger charge is -2.30. The van der Waals surface area contributed by atoms with Gasteiger partial charge in [0.2, 0.25) is 0 Å². The Morgan fingerprint density at radius 2 is 1.90 bits per heavy atom. The molecule has 1 saturated carbocycles. The summed E-state index contributed by atoms with van der Waals surface area (Å²) in [6.45, 7) is 0. The molecule has 0 atom stereocenters. The van der Waals surface area contributed by atoms with Gasteiger partial charge < -0.3 is 9.84 Å². The maximum atomic E-state index is 13.3. The van der Waals surface area contributed by atoms with Gasteiger partial charge in [0.25, 0.3) is 5.91 Å². The summed E-state index contributed by atoms with van der Waals surface area (Å²) in [5.74, 6) is -0.278. The van der Waals surface area contributed by atoms with Crippen LogP contribution in [0.15, 0.2) is 58.4 Å². The summed E-state index contributed by atoms with van der Waals surface area (Å²) >= 11 is 1.34. The topological polar surface area (TPSA) is 79.2 Å². The van der Waals surface area contributed by atoms with Gasteiger partial charge >= 0.3 is 5.97 Å². The number of carbonyl (C=O) groups excluding carboxylic acids is 1. The number of rotatable bonds is 5. The van der Waals surface area contributed by atoms with Crippen molar-refractivity contribution in [2.24, 2.45) is 4.99 Å². The van der Waals surface area contributed by atoms with Crippen LogP contribution in [0.3, 0.4) is 0 Å². The van der Waals surface area contributed by atoms with E-state index in [-0.39, 0.29) is 17.5 Å².